The lowest BCUT2D eigenvalue weighted by Gasteiger charge is -2.24. The molecule has 0 radical (unpaired) electrons. The van der Waals surface area contributed by atoms with Gasteiger partial charge in [0.05, 0.1) is 6.54 Å². The van der Waals surface area contributed by atoms with Crippen molar-refractivity contribution in [2.45, 2.75) is 51.8 Å². The molecule has 0 amide bonds. The van der Waals surface area contributed by atoms with E-state index in [2.05, 4.69) is 32.3 Å². The van der Waals surface area contributed by atoms with Gasteiger partial charge in [-0.3, -0.25) is 0 Å². The van der Waals surface area contributed by atoms with Crippen LogP contribution in [0.3, 0.4) is 0 Å². The van der Waals surface area contributed by atoms with Crippen LogP contribution in [-0.4, -0.2) is 57.0 Å². The van der Waals surface area contributed by atoms with Gasteiger partial charge in [0.15, 0.2) is 17.5 Å². The fourth-order valence-corrected chi connectivity index (χ4v) is 3.68. The van der Waals surface area contributed by atoms with Crippen molar-refractivity contribution < 1.29 is 23.0 Å². The SMILES string of the molecule is CCNC(=NCc1cc2c(cc1OC(F)F)OCO2)NCCN(C)C1CCCC1.I. The molecule has 0 bridgehead atoms. The number of benzene rings is 1. The molecule has 7 nitrogen and oxygen atoms in total. The van der Waals surface area contributed by atoms with Gasteiger partial charge in [-0.1, -0.05) is 12.8 Å². The number of hydrogen-bond donors (Lipinski definition) is 2. The van der Waals surface area contributed by atoms with Crippen LogP contribution in [-0.2, 0) is 6.54 Å². The maximum absolute atomic E-state index is 12.8. The van der Waals surface area contributed by atoms with Crippen LogP contribution in [0.2, 0.25) is 0 Å². The highest BCUT2D eigenvalue weighted by atomic mass is 127. The Balaban J connectivity index is 0.00000320. The summed E-state index contributed by atoms with van der Waals surface area (Å²) in [4.78, 5) is 6.91. The number of fused-ring (bicyclic) bond motifs is 1. The number of nitrogens with one attached hydrogen (secondary N) is 2. The molecule has 1 saturated carbocycles. The molecular formula is C20H31F2IN4O3. The molecule has 0 aromatic heterocycles. The summed E-state index contributed by atoms with van der Waals surface area (Å²) < 4.78 is 40.8. The second kappa shape index (κ2) is 12.3. The van der Waals surface area contributed by atoms with Crippen LogP contribution in [0.15, 0.2) is 17.1 Å². The summed E-state index contributed by atoms with van der Waals surface area (Å²) in [5.74, 6) is 1.58. The van der Waals surface area contributed by atoms with Crippen molar-refractivity contribution in [2.75, 3.05) is 33.5 Å². The first kappa shape index (κ1) is 24.7. The summed E-state index contributed by atoms with van der Waals surface area (Å²) >= 11 is 0. The van der Waals surface area contributed by atoms with E-state index < -0.39 is 6.61 Å². The number of aliphatic imine (C=N–C) groups is 1. The van der Waals surface area contributed by atoms with Gasteiger partial charge in [0.25, 0.3) is 0 Å². The predicted octanol–water partition coefficient (Wildman–Crippen LogP) is 3.56. The molecule has 2 N–H and O–H groups in total. The minimum atomic E-state index is -2.92. The molecule has 0 saturated heterocycles. The average molecular weight is 540 g/mol. The van der Waals surface area contributed by atoms with Crippen LogP contribution in [0.25, 0.3) is 0 Å². The molecule has 1 aliphatic carbocycles. The average Bonchev–Trinajstić information content (AvgIpc) is 3.37. The Morgan fingerprint density at radius 3 is 2.60 bits per heavy atom. The van der Waals surface area contributed by atoms with E-state index in [1.54, 1.807) is 6.07 Å². The summed E-state index contributed by atoms with van der Waals surface area (Å²) in [5, 5.41) is 6.49. The number of hydrogen-bond acceptors (Lipinski definition) is 5. The predicted molar refractivity (Wildman–Crippen MR) is 122 cm³/mol. The van der Waals surface area contributed by atoms with E-state index in [4.69, 9.17) is 9.47 Å². The molecule has 3 rings (SSSR count). The Morgan fingerprint density at radius 1 is 1.23 bits per heavy atom. The van der Waals surface area contributed by atoms with Crippen LogP contribution < -0.4 is 24.8 Å². The van der Waals surface area contributed by atoms with E-state index in [0.717, 1.165) is 13.1 Å². The molecule has 1 aromatic rings. The van der Waals surface area contributed by atoms with E-state index in [1.807, 2.05) is 6.92 Å². The zero-order valence-electron chi connectivity index (χ0n) is 17.5. The van der Waals surface area contributed by atoms with Gasteiger partial charge in [-0.15, -0.1) is 24.0 Å². The highest BCUT2D eigenvalue weighted by molar-refractivity contribution is 14.0. The highest BCUT2D eigenvalue weighted by Gasteiger charge is 2.21. The number of halogens is 3. The first-order chi connectivity index (χ1) is 14.1. The molecule has 0 spiro atoms. The van der Waals surface area contributed by atoms with Crippen LogP contribution in [0.1, 0.15) is 38.2 Å². The van der Waals surface area contributed by atoms with E-state index in [0.29, 0.717) is 35.6 Å². The van der Waals surface area contributed by atoms with Crippen molar-refractivity contribution in [3.8, 4) is 17.2 Å². The smallest absolute Gasteiger partial charge is 0.387 e. The summed E-state index contributed by atoms with van der Waals surface area (Å²) in [6.45, 7) is 1.66. The van der Waals surface area contributed by atoms with Gasteiger partial charge >= 0.3 is 6.61 Å². The van der Waals surface area contributed by atoms with Crippen molar-refractivity contribution in [3.63, 3.8) is 0 Å². The topological polar surface area (TPSA) is 67.4 Å². The maximum Gasteiger partial charge on any atom is 0.387 e. The Hall–Kier alpha value is -1.56. The molecule has 1 aliphatic heterocycles. The molecule has 1 heterocycles. The van der Waals surface area contributed by atoms with Crippen LogP contribution in [0.4, 0.5) is 8.78 Å². The van der Waals surface area contributed by atoms with Gasteiger partial charge in [-0.25, -0.2) is 4.99 Å². The van der Waals surface area contributed by atoms with Crippen molar-refractivity contribution in [1.82, 2.24) is 15.5 Å². The van der Waals surface area contributed by atoms with E-state index in [1.165, 1.54) is 31.7 Å². The standard InChI is InChI=1S/C20H30F2N4O3.HI/c1-3-23-20(24-8-9-26(2)15-6-4-5-7-15)25-12-14-10-17-18(28-13-27-17)11-16(14)29-19(21)22;/h10-11,15,19H,3-9,12-13H2,1-2H3,(H2,23,24,25);1H. The summed E-state index contributed by atoms with van der Waals surface area (Å²) in [6.07, 6.45) is 5.15. The first-order valence-corrected chi connectivity index (χ1v) is 10.2. The van der Waals surface area contributed by atoms with Crippen LogP contribution in [0.5, 0.6) is 17.2 Å². The molecule has 0 atom stereocenters. The molecule has 0 unspecified atom stereocenters. The maximum atomic E-state index is 12.8. The van der Waals surface area contributed by atoms with Crippen molar-refractivity contribution in [1.29, 1.82) is 0 Å². The van der Waals surface area contributed by atoms with E-state index >= 15 is 0 Å². The number of guanidine groups is 1. The molecule has 1 aromatic carbocycles. The number of likely N-dealkylation sites (N-methyl/N-ethyl adjacent to an activating group) is 1. The van der Waals surface area contributed by atoms with Gasteiger partial charge in [-0.05, 0) is 32.9 Å². The van der Waals surface area contributed by atoms with E-state index in [9.17, 15) is 8.78 Å². The lowest BCUT2D eigenvalue weighted by atomic mass is 10.1. The first-order valence-electron chi connectivity index (χ1n) is 10.2. The number of ether oxygens (including phenoxy) is 3. The molecule has 170 valence electrons. The second-order valence-corrected chi connectivity index (χ2v) is 7.23. The minimum absolute atomic E-state index is 0. The zero-order chi connectivity index (χ0) is 20.6. The monoisotopic (exact) mass is 540 g/mol. The Bertz CT molecular complexity index is 703. The van der Waals surface area contributed by atoms with Crippen molar-refractivity contribution >= 4 is 29.9 Å². The normalized spacial score (nSPS) is 16.1. The lowest BCUT2D eigenvalue weighted by molar-refractivity contribution is -0.0505. The van der Waals surface area contributed by atoms with Crippen LogP contribution >= 0.6 is 24.0 Å². The lowest BCUT2D eigenvalue weighted by Crippen LogP contribution is -2.42. The molecule has 10 heteroatoms. The number of nitrogens with zero attached hydrogens (tertiary/aromatic N) is 2. The van der Waals surface area contributed by atoms with Gasteiger partial charge in [0.1, 0.15) is 5.75 Å². The van der Waals surface area contributed by atoms with Gasteiger partial charge < -0.3 is 29.7 Å². The number of alkyl halides is 2. The van der Waals surface area contributed by atoms with Crippen molar-refractivity contribution in [2.24, 2.45) is 4.99 Å². The van der Waals surface area contributed by atoms with E-state index in [-0.39, 0.29) is 43.1 Å². The van der Waals surface area contributed by atoms with Gasteiger partial charge in [0, 0.05) is 37.3 Å². The third-order valence-electron chi connectivity index (χ3n) is 5.23. The highest BCUT2D eigenvalue weighted by Crippen LogP contribution is 2.39. The quantitative estimate of drug-likeness (QED) is 0.284. The third kappa shape index (κ3) is 7.00. The second-order valence-electron chi connectivity index (χ2n) is 7.23. The fraction of sp³-hybridized carbons (Fsp3) is 0.650. The molecule has 2 aliphatic rings. The third-order valence-corrected chi connectivity index (χ3v) is 5.23. The molecule has 1 fully saturated rings. The zero-order valence-corrected chi connectivity index (χ0v) is 19.8. The molecule has 30 heavy (non-hydrogen) atoms. The number of rotatable bonds is 9. The molecular weight excluding hydrogens is 509 g/mol. The summed E-state index contributed by atoms with van der Waals surface area (Å²) in [6, 6.07) is 3.73. The minimum Gasteiger partial charge on any atom is -0.454 e. The summed E-state index contributed by atoms with van der Waals surface area (Å²) in [5.41, 5.74) is 0.509. The Labute approximate surface area is 193 Å². The van der Waals surface area contributed by atoms with Crippen LogP contribution in [0, 0.1) is 0 Å². The Morgan fingerprint density at radius 2 is 1.93 bits per heavy atom. The van der Waals surface area contributed by atoms with Gasteiger partial charge in [-0.2, -0.15) is 8.78 Å². The Kier molecular flexibility index (Phi) is 10.2. The largest absolute Gasteiger partial charge is 0.454 e. The van der Waals surface area contributed by atoms with Gasteiger partial charge in [0.2, 0.25) is 6.79 Å². The van der Waals surface area contributed by atoms with Crippen molar-refractivity contribution in [3.05, 3.63) is 17.7 Å². The fourth-order valence-electron chi connectivity index (χ4n) is 3.68. The summed E-state index contributed by atoms with van der Waals surface area (Å²) in [7, 11) is 2.16.